The molecule has 1 fully saturated rings. The molecule has 1 amide bonds. The molecule has 2 aromatic rings. The van der Waals surface area contributed by atoms with E-state index in [-0.39, 0.29) is 11.7 Å². The van der Waals surface area contributed by atoms with Gasteiger partial charge < -0.3 is 9.80 Å². The Hall–Kier alpha value is -2.36. The number of carbonyl (C=O) groups excluding carboxylic acids is 1. The van der Waals surface area contributed by atoms with E-state index in [4.69, 9.17) is 0 Å². The van der Waals surface area contributed by atoms with E-state index < -0.39 is 0 Å². The van der Waals surface area contributed by atoms with Crippen molar-refractivity contribution in [2.24, 2.45) is 5.92 Å². The van der Waals surface area contributed by atoms with Crippen LogP contribution in [0.5, 0.6) is 0 Å². The Bertz CT molecular complexity index is 672. The maximum atomic E-state index is 12.9. The van der Waals surface area contributed by atoms with Crippen LogP contribution in [0, 0.1) is 11.7 Å². The molecule has 0 aliphatic carbocycles. The zero-order valence-electron chi connectivity index (χ0n) is 14.0. The van der Waals surface area contributed by atoms with Gasteiger partial charge in [-0.25, -0.2) is 4.39 Å². The fourth-order valence-electron chi connectivity index (χ4n) is 3.26. The van der Waals surface area contributed by atoms with Gasteiger partial charge >= 0.3 is 0 Å². The summed E-state index contributed by atoms with van der Waals surface area (Å²) in [7, 11) is 1.86. The number of rotatable bonds is 5. The van der Waals surface area contributed by atoms with Crippen LogP contribution < -0.4 is 4.90 Å². The van der Waals surface area contributed by atoms with E-state index in [1.807, 2.05) is 18.0 Å². The largest absolute Gasteiger partial charge is 0.371 e. The van der Waals surface area contributed by atoms with E-state index in [0.29, 0.717) is 12.3 Å². The van der Waals surface area contributed by atoms with Gasteiger partial charge in [0.1, 0.15) is 5.82 Å². The summed E-state index contributed by atoms with van der Waals surface area (Å²) in [4.78, 5) is 16.5. The molecule has 3 nitrogen and oxygen atoms in total. The first-order valence-corrected chi connectivity index (χ1v) is 8.40. The number of likely N-dealkylation sites (N-methyl/N-ethyl adjacent to an activating group) is 1. The number of hydrogen-bond acceptors (Lipinski definition) is 2. The van der Waals surface area contributed by atoms with Crippen LogP contribution in [0.1, 0.15) is 12.0 Å². The van der Waals surface area contributed by atoms with Gasteiger partial charge in [0.05, 0.1) is 6.42 Å². The third-order valence-corrected chi connectivity index (χ3v) is 4.63. The van der Waals surface area contributed by atoms with E-state index in [0.717, 1.165) is 31.6 Å². The van der Waals surface area contributed by atoms with Crippen LogP contribution in [0.15, 0.2) is 54.6 Å². The molecule has 1 atom stereocenters. The standard InChI is InChI=1S/C20H23FN2O/c1-22(20(24)13-16-7-9-18(21)10-8-16)14-17-11-12-23(15-17)19-5-3-2-4-6-19/h2-10,17H,11-15H2,1H3. The highest BCUT2D eigenvalue weighted by molar-refractivity contribution is 5.78. The van der Waals surface area contributed by atoms with Crippen molar-refractivity contribution in [2.75, 3.05) is 31.6 Å². The third-order valence-electron chi connectivity index (χ3n) is 4.63. The Kier molecular flexibility index (Phi) is 5.14. The minimum absolute atomic E-state index is 0.0831. The molecule has 1 heterocycles. The van der Waals surface area contributed by atoms with Crippen molar-refractivity contribution in [1.29, 1.82) is 0 Å². The quantitative estimate of drug-likeness (QED) is 0.841. The number of benzene rings is 2. The summed E-state index contributed by atoms with van der Waals surface area (Å²) in [5.74, 6) is 0.304. The molecule has 1 unspecified atom stereocenters. The first-order valence-electron chi connectivity index (χ1n) is 8.40. The van der Waals surface area contributed by atoms with Crippen molar-refractivity contribution < 1.29 is 9.18 Å². The van der Waals surface area contributed by atoms with E-state index >= 15 is 0 Å². The highest BCUT2D eigenvalue weighted by Crippen LogP contribution is 2.24. The van der Waals surface area contributed by atoms with Gasteiger partial charge in [-0.15, -0.1) is 0 Å². The lowest BCUT2D eigenvalue weighted by atomic mass is 10.1. The van der Waals surface area contributed by atoms with Crippen molar-refractivity contribution in [1.82, 2.24) is 4.90 Å². The molecule has 3 rings (SSSR count). The molecule has 126 valence electrons. The Morgan fingerprint density at radius 1 is 1.17 bits per heavy atom. The highest BCUT2D eigenvalue weighted by atomic mass is 19.1. The van der Waals surface area contributed by atoms with Crippen molar-refractivity contribution in [3.8, 4) is 0 Å². The van der Waals surface area contributed by atoms with Crippen LogP contribution in [-0.4, -0.2) is 37.5 Å². The summed E-state index contributed by atoms with van der Waals surface area (Å²) in [5.41, 5.74) is 2.10. The number of halogens is 1. The van der Waals surface area contributed by atoms with Gasteiger partial charge in [0.25, 0.3) is 0 Å². The first-order chi connectivity index (χ1) is 11.6. The summed E-state index contributed by atoms with van der Waals surface area (Å²) in [6.45, 7) is 2.79. The van der Waals surface area contributed by atoms with Gasteiger partial charge in [0, 0.05) is 32.4 Å². The summed E-state index contributed by atoms with van der Waals surface area (Å²) in [6.07, 6.45) is 1.43. The second kappa shape index (κ2) is 7.47. The Morgan fingerprint density at radius 2 is 1.88 bits per heavy atom. The fraction of sp³-hybridized carbons (Fsp3) is 0.350. The lowest BCUT2D eigenvalue weighted by Crippen LogP contribution is -2.34. The molecule has 0 N–H and O–H groups in total. The first kappa shape index (κ1) is 16.5. The molecule has 1 aliphatic heterocycles. The maximum absolute atomic E-state index is 12.9. The Balaban J connectivity index is 1.50. The molecular weight excluding hydrogens is 303 g/mol. The predicted molar refractivity (Wildman–Crippen MR) is 94.5 cm³/mol. The van der Waals surface area contributed by atoms with Crippen LogP contribution >= 0.6 is 0 Å². The maximum Gasteiger partial charge on any atom is 0.226 e. The molecule has 0 saturated carbocycles. The lowest BCUT2D eigenvalue weighted by Gasteiger charge is -2.22. The molecular formula is C20H23FN2O. The smallest absolute Gasteiger partial charge is 0.226 e. The van der Waals surface area contributed by atoms with Gasteiger partial charge in [0.2, 0.25) is 5.91 Å². The molecule has 0 bridgehead atoms. The van der Waals surface area contributed by atoms with E-state index in [2.05, 4.69) is 29.2 Å². The van der Waals surface area contributed by atoms with Crippen molar-refractivity contribution in [3.63, 3.8) is 0 Å². The zero-order valence-corrected chi connectivity index (χ0v) is 14.0. The van der Waals surface area contributed by atoms with E-state index in [1.165, 1.54) is 17.8 Å². The third kappa shape index (κ3) is 4.13. The second-order valence-electron chi connectivity index (χ2n) is 6.51. The summed E-state index contributed by atoms with van der Waals surface area (Å²) >= 11 is 0. The number of anilines is 1. The van der Waals surface area contributed by atoms with Gasteiger partial charge in [-0.1, -0.05) is 30.3 Å². The molecule has 4 heteroatoms. The summed E-state index contributed by atoms with van der Waals surface area (Å²) < 4.78 is 12.9. The molecule has 24 heavy (non-hydrogen) atoms. The fourth-order valence-corrected chi connectivity index (χ4v) is 3.26. The minimum Gasteiger partial charge on any atom is -0.371 e. The monoisotopic (exact) mass is 326 g/mol. The van der Waals surface area contributed by atoms with Crippen LogP contribution in [0.3, 0.4) is 0 Å². The Labute approximate surface area is 142 Å². The van der Waals surface area contributed by atoms with Gasteiger partial charge in [-0.2, -0.15) is 0 Å². The number of amides is 1. The highest BCUT2D eigenvalue weighted by Gasteiger charge is 2.25. The van der Waals surface area contributed by atoms with Crippen molar-refractivity contribution in [2.45, 2.75) is 12.8 Å². The average Bonchev–Trinajstić information content (AvgIpc) is 3.06. The lowest BCUT2D eigenvalue weighted by molar-refractivity contribution is -0.129. The summed E-state index contributed by atoms with van der Waals surface area (Å²) in [6, 6.07) is 16.6. The molecule has 2 aromatic carbocycles. The van der Waals surface area contributed by atoms with Crippen molar-refractivity contribution >= 4 is 11.6 Å². The van der Waals surface area contributed by atoms with Crippen LogP contribution in [0.25, 0.3) is 0 Å². The van der Waals surface area contributed by atoms with Gasteiger partial charge in [0.15, 0.2) is 0 Å². The molecule has 0 aromatic heterocycles. The topological polar surface area (TPSA) is 23.6 Å². The van der Waals surface area contributed by atoms with E-state index in [9.17, 15) is 9.18 Å². The normalized spacial score (nSPS) is 17.1. The SMILES string of the molecule is CN(CC1CCN(c2ccccc2)C1)C(=O)Cc1ccc(F)cc1. The number of nitrogens with zero attached hydrogens (tertiary/aromatic N) is 2. The minimum atomic E-state index is -0.272. The molecule has 0 spiro atoms. The van der Waals surface area contributed by atoms with Crippen LogP contribution in [0.4, 0.5) is 10.1 Å². The van der Waals surface area contributed by atoms with E-state index in [1.54, 1.807) is 12.1 Å². The van der Waals surface area contributed by atoms with Crippen LogP contribution in [-0.2, 0) is 11.2 Å². The predicted octanol–water partition coefficient (Wildman–Crippen LogP) is 3.35. The van der Waals surface area contributed by atoms with Crippen LogP contribution in [0.2, 0.25) is 0 Å². The molecule has 1 aliphatic rings. The van der Waals surface area contributed by atoms with Gasteiger partial charge in [-0.3, -0.25) is 4.79 Å². The zero-order chi connectivity index (χ0) is 16.9. The summed E-state index contributed by atoms with van der Waals surface area (Å²) in [5, 5.41) is 0. The molecule has 0 radical (unpaired) electrons. The number of para-hydroxylation sites is 1. The number of hydrogen-bond donors (Lipinski definition) is 0. The Morgan fingerprint density at radius 3 is 2.58 bits per heavy atom. The van der Waals surface area contributed by atoms with Gasteiger partial charge in [-0.05, 0) is 42.2 Å². The second-order valence-corrected chi connectivity index (χ2v) is 6.51. The average molecular weight is 326 g/mol. The number of carbonyl (C=O) groups is 1. The molecule has 1 saturated heterocycles. The van der Waals surface area contributed by atoms with Crippen molar-refractivity contribution in [3.05, 3.63) is 66.0 Å².